The molecular weight excluding hydrogens is 753 g/mol. The van der Waals surface area contributed by atoms with Crippen LogP contribution in [0, 0.1) is 41.5 Å². The molecule has 1 aliphatic carbocycles. The van der Waals surface area contributed by atoms with E-state index in [-0.39, 0.29) is 0 Å². The largest absolute Gasteiger partial charge is 0.135 e. The quantitative estimate of drug-likeness (QED) is 0.166. The Kier molecular flexibility index (Phi) is 7.90. The first-order valence-corrected chi connectivity index (χ1v) is 22.3. The van der Waals surface area contributed by atoms with Crippen LogP contribution in [0.1, 0.15) is 33.4 Å². The maximum atomic E-state index is 2.48. The average Bonchev–Trinajstić information content (AvgIpc) is 3.80. The van der Waals surface area contributed by atoms with Gasteiger partial charge in [0.05, 0.1) is 0 Å². The SMILES string of the molecule is Cc1cc(C)c(-c2c3c(c(-c4c(C)cc(C)cc4C)c4ccccc24)-c2ccc(-c4cc(-c5cccc6ccccc56)cc5c4sc4ccccc45)c4cccc-3c24)c(C)c1. The van der Waals surface area contributed by atoms with Gasteiger partial charge in [0.15, 0.2) is 0 Å². The number of fused-ring (bicyclic) bond motifs is 8. The third-order valence-corrected chi connectivity index (χ3v) is 14.7. The van der Waals surface area contributed by atoms with E-state index in [0.717, 1.165) is 0 Å². The fourth-order valence-electron chi connectivity index (χ4n) is 11.4. The van der Waals surface area contributed by atoms with E-state index in [1.807, 2.05) is 11.3 Å². The molecule has 1 heterocycles. The molecular formula is C60H44S. The van der Waals surface area contributed by atoms with Crippen LogP contribution in [-0.2, 0) is 0 Å². The van der Waals surface area contributed by atoms with Crippen molar-refractivity contribution >= 4 is 63.8 Å². The van der Waals surface area contributed by atoms with Gasteiger partial charge in [-0.15, -0.1) is 11.3 Å². The molecule has 10 aromatic carbocycles. The van der Waals surface area contributed by atoms with Crippen molar-refractivity contribution in [3.8, 4) is 66.8 Å². The summed E-state index contributed by atoms with van der Waals surface area (Å²) in [6, 6.07) is 60.1. The molecule has 1 heteroatoms. The molecule has 1 aliphatic rings. The number of aryl methyl sites for hydroxylation is 6. The molecule has 0 atom stereocenters. The first-order chi connectivity index (χ1) is 29.7. The van der Waals surface area contributed by atoms with Gasteiger partial charge < -0.3 is 0 Å². The van der Waals surface area contributed by atoms with Crippen LogP contribution in [0.15, 0.2) is 158 Å². The monoisotopic (exact) mass is 796 g/mol. The molecule has 1 aromatic heterocycles. The fraction of sp³-hybridized carbons (Fsp3) is 0.100. The highest BCUT2D eigenvalue weighted by Crippen LogP contribution is 2.60. The van der Waals surface area contributed by atoms with Crippen LogP contribution < -0.4 is 0 Å². The minimum absolute atomic E-state index is 1.25. The van der Waals surface area contributed by atoms with Gasteiger partial charge in [-0.2, -0.15) is 0 Å². The van der Waals surface area contributed by atoms with Gasteiger partial charge in [-0.3, -0.25) is 0 Å². The van der Waals surface area contributed by atoms with Crippen molar-refractivity contribution in [2.45, 2.75) is 41.5 Å². The fourth-order valence-corrected chi connectivity index (χ4v) is 12.6. The van der Waals surface area contributed by atoms with Crippen molar-refractivity contribution in [3.63, 3.8) is 0 Å². The van der Waals surface area contributed by atoms with Crippen LogP contribution in [0.2, 0.25) is 0 Å². The Labute approximate surface area is 361 Å². The first-order valence-electron chi connectivity index (χ1n) is 21.5. The molecule has 11 aromatic rings. The standard InChI is InChI=1S/C60H44S/c1-33-27-35(3)53(36(4)28-33)56-46-19-9-10-20-47(46)57(54-37(5)29-34(2)30-38(54)6)59-49-26-25-43(45-22-14-23-48(55(45)49)58(56)59)50-31-40(42-21-13-16-39-15-7-8-17-41(39)42)32-51-44-18-11-12-24-52(44)61-60(50)51/h7-32H,1-6H3. The summed E-state index contributed by atoms with van der Waals surface area (Å²) in [6.07, 6.45) is 0. The lowest BCUT2D eigenvalue weighted by Crippen LogP contribution is -1.99. The molecule has 0 aliphatic heterocycles. The van der Waals surface area contributed by atoms with E-state index >= 15 is 0 Å². The Morgan fingerprint density at radius 1 is 0.311 bits per heavy atom. The normalized spacial score (nSPS) is 12.1. The van der Waals surface area contributed by atoms with E-state index in [9.17, 15) is 0 Å². The van der Waals surface area contributed by atoms with Crippen molar-refractivity contribution < 1.29 is 0 Å². The van der Waals surface area contributed by atoms with Gasteiger partial charge in [-0.25, -0.2) is 0 Å². The minimum Gasteiger partial charge on any atom is -0.135 e. The lowest BCUT2D eigenvalue weighted by atomic mass is 9.79. The summed E-state index contributed by atoms with van der Waals surface area (Å²) < 4.78 is 2.66. The number of hydrogen-bond donors (Lipinski definition) is 0. The zero-order valence-corrected chi connectivity index (χ0v) is 36.2. The van der Waals surface area contributed by atoms with E-state index in [0.29, 0.717) is 0 Å². The van der Waals surface area contributed by atoms with Crippen molar-refractivity contribution in [2.75, 3.05) is 0 Å². The molecule has 0 amide bonds. The van der Waals surface area contributed by atoms with E-state index in [1.54, 1.807) is 0 Å². The molecule has 0 nitrogen and oxygen atoms in total. The summed E-state index contributed by atoms with van der Waals surface area (Å²) in [5.41, 5.74) is 23.7. The third-order valence-electron chi connectivity index (χ3n) is 13.5. The van der Waals surface area contributed by atoms with E-state index < -0.39 is 0 Å². The molecule has 61 heavy (non-hydrogen) atoms. The summed E-state index contributed by atoms with van der Waals surface area (Å²) in [4.78, 5) is 0. The summed E-state index contributed by atoms with van der Waals surface area (Å²) in [7, 11) is 0. The van der Waals surface area contributed by atoms with Gasteiger partial charge in [-0.1, -0.05) is 151 Å². The lowest BCUT2D eigenvalue weighted by Gasteiger charge is -2.24. The average molecular weight is 797 g/mol. The van der Waals surface area contributed by atoms with Crippen LogP contribution in [0.5, 0.6) is 0 Å². The van der Waals surface area contributed by atoms with Gasteiger partial charge in [0.1, 0.15) is 0 Å². The summed E-state index contributed by atoms with van der Waals surface area (Å²) >= 11 is 1.92. The van der Waals surface area contributed by atoms with Crippen molar-refractivity contribution in [1.82, 2.24) is 0 Å². The second-order valence-corrected chi connectivity index (χ2v) is 18.6. The molecule has 290 valence electrons. The Morgan fingerprint density at radius 2 is 0.803 bits per heavy atom. The third kappa shape index (κ3) is 5.24. The van der Waals surface area contributed by atoms with Gasteiger partial charge in [0, 0.05) is 25.7 Å². The topological polar surface area (TPSA) is 0 Å². The number of rotatable bonds is 4. The van der Waals surface area contributed by atoms with E-state index in [2.05, 4.69) is 199 Å². The van der Waals surface area contributed by atoms with Gasteiger partial charge in [-0.05, 0) is 176 Å². The zero-order chi connectivity index (χ0) is 41.3. The van der Waals surface area contributed by atoms with Crippen LogP contribution in [0.4, 0.5) is 0 Å². The highest BCUT2D eigenvalue weighted by Gasteiger charge is 2.33. The first kappa shape index (κ1) is 36.1. The van der Waals surface area contributed by atoms with E-state index in [1.165, 1.54) is 153 Å². The Balaban J connectivity index is 1.23. The smallest absolute Gasteiger partial charge is 0.0434 e. The van der Waals surface area contributed by atoms with Gasteiger partial charge in [0.25, 0.3) is 0 Å². The predicted molar refractivity (Wildman–Crippen MR) is 266 cm³/mol. The zero-order valence-electron chi connectivity index (χ0n) is 35.4. The predicted octanol–water partition coefficient (Wildman–Crippen LogP) is 17.7. The maximum absolute atomic E-state index is 2.48. The molecule has 0 unspecified atom stereocenters. The molecule has 0 saturated heterocycles. The molecule has 12 rings (SSSR count). The van der Waals surface area contributed by atoms with Crippen LogP contribution in [0.25, 0.3) is 119 Å². The molecule has 0 fully saturated rings. The highest BCUT2D eigenvalue weighted by atomic mass is 32.1. The van der Waals surface area contributed by atoms with Crippen molar-refractivity contribution in [2.24, 2.45) is 0 Å². The van der Waals surface area contributed by atoms with Gasteiger partial charge >= 0.3 is 0 Å². The summed E-state index contributed by atoms with van der Waals surface area (Å²) in [5, 5.41) is 10.4. The maximum Gasteiger partial charge on any atom is 0.0434 e. The van der Waals surface area contributed by atoms with Gasteiger partial charge in [0.2, 0.25) is 0 Å². The van der Waals surface area contributed by atoms with Crippen molar-refractivity contribution in [3.05, 3.63) is 191 Å². The molecule has 0 N–H and O–H groups in total. The Hall–Kier alpha value is -6.80. The number of thiophene rings is 1. The minimum atomic E-state index is 1.25. The Bertz CT molecular complexity index is 3540. The Morgan fingerprint density at radius 3 is 1.46 bits per heavy atom. The molecule has 0 saturated carbocycles. The highest BCUT2D eigenvalue weighted by molar-refractivity contribution is 7.26. The lowest BCUT2D eigenvalue weighted by molar-refractivity contribution is 1.32. The van der Waals surface area contributed by atoms with E-state index in [4.69, 9.17) is 0 Å². The second kappa shape index (κ2) is 13.4. The van der Waals surface area contributed by atoms with Crippen LogP contribution >= 0.6 is 11.3 Å². The number of hydrogen-bond acceptors (Lipinski definition) is 1. The summed E-state index contributed by atoms with van der Waals surface area (Å²) in [6.45, 7) is 13.7. The van der Waals surface area contributed by atoms with Crippen molar-refractivity contribution in [1.29, 1.82) is 0 Å². The van der Waals surface area contributed by atoms with Crippen LogP contribution in [0.3, 0.4) is 0 Å². The molecule has 0 bridgehead atoms. The molecule has 0 radical (unpaired) electrons. The number of benzene rings is 10. The van der Waals surface area contributed by atoms with Crippen LogP contribution in [-0.4, -0.2) is 0 Å². The molecule has 0 spiro atoms. The summed E-state index contributed by atoms with van der Waals surface area (Å²) in [5.74, 6) is 0. The second-order valence-electron chi connectivity index (χ2n) is 17.5.